The highest BCUT2D eigenvalue weighted by atomic mass is 19.1. The largest absolute Gasteiger partial charge is 0.367 e. The fourth-order valence-electron chi connectivity index (χ4n) is 3.49. The number of halogens is 1. The third-order valence-electron chi connectivity index (χ3n) is 4.99. The van der Waals surface area contributed by atoms with E-state index in [4.69, 9.17) is 9.26 Å². The second kappa shape index (κ2) is 8.96. The first-order chi connectivity index (χ1) is 14.2. The Morgan fingerprint density at radius 3 is 2.72 bits per heavy atom. The van der Waals surface area contributed by atoms with Crippen LogP contribution in [0.25, 0.3) is 11.4 Å². The summed E-state index contributed by atoms with van der Waals surface area (Å²) >= 11 is 0. The van der Waals surface area contributed by atoms with E-state index in [2.05, 4.69) is 10.1 Å². The lowest BCUT2D eigenvalue weighted by Crippen LogP contribution is -2.40. The predicted octanol–water partition coefficient (Wildman–Crippen LogP) is 4.15. The molecule has 1 fully saturated rings. The maximum absolute atomic E-state index is 13.1. The number of carbonyl (C=O) groups excluding carboxylic acids is 1. The minimum Gasteiger partial charge on any atom is -0.367 e. The number of hydrogen-bond acceptors (Lipinski definition) is 5. The average molecular weight is 395 g/mol. The highest BCUT2D eigenvalue weighted by molar-refractivity contribution is 5.78. The van der Waals surface area contributed by atoms with Crippen molar-refractivity contribution >= 4 is 5.91 Å². The van der Waals surface area contributed by atoms with Gasteiger partial charge in [-0.1, -0.05) is 35.5 Å². The first-order valence-electron chi connectivity index (χ1n) is 9.71. The number of piperidine rings is 1. The van der Waals surface area contributed by atoms with E-state index in [0.29, 0.717) is 30.4 Å². The number of nitrogens with zero attached hydrogens (tertiary/aromatic N) is 3. The van der Waals surface area contributed by atoms with Gasteiger partial charge in [0.2, 0.25) is 17.6 Å². The number of hydrogen-bond donors (Lipinski definition) is 0. The number of amides is 1. The van der Waals surface area contributed by atoms with Crippen molar-refractivity contribution in [2.45, 2.75) is 31.9 Å². The van der Waals surface area contributed by atoms with Crippen LogP contribution in [0.15, 0.2) is 59.1 Å². The fraction of sp³-hybridized carbons (Fsp3) is 0.318. The second-order valence-corrected chi connectivity index (χ2v) is 7.04. The molecule has 1 aliphatic rings. The maximum atomic E-state index is 13.1. The fourth-order valence-corrected chi connectivity index (χ4v) is 3.49. The van der Waals surface area contributed by atoms with Crippen molar-refractivity contribution in [1.29, 1.82) is 0 Å². The van der Waals surface area contributed by atoms with Crippen LogP contribution in [0.1, 0.15) is 36.8 Å². The first-order valence-corrected chi connectivity index (χ1v) is 9.71. The van der Waals surface area contributed by atoms with E-state index >= 15 is 0 Å². The van der Waals surface area contributed by atoms with E-state index in [1.807, 2.05) is 30.3 Å². The third-order valence-corrected chi connectivity index (χ3v) is 4.99. The molecule has 0 radical (unpaired) electrons. The Kier molecular flexibility index (Phi) is 5.95. The summed E-state index contributed by atoms with van der Waals surface area (Å²) in [6.07, 6.45) is 2.67. The molecule has 1 aliphatic heterocycles. The number of rotatable bonds is 6. The Bertz CT molecular complexity index is 943. The number of carbonyl (C=O) groups is 1. The van der Waals surface area contributed by atoms with Gasteiger partial charge < -0.3 is 14.2 Å². The van der Waals surface area contributed by atoms with Crippen molar-refractivity contribution in [1.82, 2.24) is 15.0 Å². The van der Waals surface area contributed by atoms with Gasteiger partial charge in [-0.2, -0.15) is 4.98 Å². The molecule has 1 unspecified atom stereocenters. The van der Waals surface area contributed by atoms with Crippen LogP contribution >= 0.6 is 0 Å². The number of likely N-dealkylation sites (tertiary alicyclic amines) is 1. The number of ether oxygens (including phenoxy) is 1. The topological polar surface area (TPSA) is 68.5 Å². The lowest BCUT2D eigenvalue weighted by molar-refractivity contribution is -0.141. The molecule has 6 nitrogen and oxygen atoms in total. The lowest BCUT2D eigenvalue weighted by atomic mass is 10.0. The quantitative estimate of drug-likeness (QED) is 0.627. The summed E-state index contributed by atoms with van der Waals surface area (Å²) in [7, 11) is 0. The molecule has 1 atom stereocenters. The molecule has 4 rings (SSSR count). The minimum atomic E-state index is -0.322. The molecule has 2 aromatic carbocycles. The van der Waals surface area contributed by atoms with Gasteiger partial charge in [0, 0.05) is 12.1 Å². The molecule has 0 aliphatic carbocycles. The molecular formula is C22H22FN3O3. The Hall–Kier alpha value is -3.06. The van der Waals surface area contributed by atoms with Crippen molar-refractivity contribution < 1.29 is 18.4 Å². The molecule has 3 aromatic rings. The maximum Gasteiger partial charge on any atom is 0.249 e. The standard InChI is InChI=1S/C22H22FN3O3/c23-18-11-9-17(10-12-18)21-24-22(29-25-21)19-8-4-5-13-26(19)20(27)15-28-14-16-6-2-1-3-7-16/h1-3,6-7,9-12,19H,4-5,8,13-15H2. The zero-order valence-corrected chi connectivity index (χ0v) is 16.0. The van der Waals surface area contributed by atoms with Gasteiger partial charge in [-0.3, -0.25) is 4.79 Å². The van der Waals surface area contributed by atoms with Crippen molar-refractivity contribution in [3.8, 4) is 11.4 Å². The van der Waals surface area contributed by atoms with Crippen LogP contribution in [0.3, 0.4) is 0 Å². The first kappa shape index (κ1) is 19.3. The van der Waals surface area contributed by atoms with Crippen molar-refractivity contribution in [2.24, 2.45) is 0 Å². The van der Waals surface area contributed by atoms with E-state index in [1.165, 1.54) is 12.1 Å². The Morgan fingerprint density at radius 1 is 1.14 bits per heavy atom. The molecule has 150 valence electrons. The van der Waals surface area contributed by atoms with Crippen molar-refractivity contribution in [3.05, 3.63) is 71.9 Å². The van der Waals surface area contributed by atoms with Crippen LogP contribution < -0.4 is 0 Å². The molecule has 0 bridgehead atoms. The van der Waals surface area contributed by atoms with Gasteiger partial charge in [-0.15, -0.1) is 0 Å². The van der Waals surface area contributed by atoms with E-state index < -0.39 is 0 Å². The zero-order valence-electron chi connectivity index (χ0n) is 16.0. The molecule has 7 heteroatoms. The summed E-state index contributed by atoms with van der Waals surface area (Å²) in [4.78, 5) is 19.0. The summed E-state index contributed by atoms with van der Waals surface area (Å²) in [6, 6.07) is 15.4. The van der Waals surface area contributed by atoms with Gasteiger partial charge in [0.15, 0.2) is 0 Å². The van der Waals surface area contributed by atoms with Gasteiger partial charge >= 0.3 is 0 Å². The summed E-state index contributed by atoms with van der Waals surface area (Å²) in [5.74, 6) is 0.378. The number of aromatic nitrogens is 2. The SMILES string of the molecule is O=C(COCc1ccccc1)N1CCCCC1c1nc(-c2ccc(F)cc2)no1. The average Bonchev–Trinajstić information content (AvgIpc) is 3.25. The zero-order chi connectivity index (χ0) is 20.1. The second-order valence-electron chi connectivity index (χ2n) is 7.04. The van der Waals surface area contributed by atoms with Crippen LogP contribution in [-0.4, -0.2) is 34.1 Å². The monoisotopic (exact) mass is 395 g/mol. The van der Waals surface area contributed by atoms with Gasteiger partial charge in [0.25, 0.3) is 0 Å². The normalized spacial score (nSPS) is 16.7. The van der Waals surface area contributed by atoms with Gasteiger partial charge in [-0.25, -0.2) is 4.39 Å². The van der Waals surface area contributed by atoms with Crippen LogP contribution in [0.2, 0.25) is 0 Å². The minimum absolute atomic E-state index is 0.00432. The molecular weight excluding hydrogens is 373 g/mol. The Morgan fingerprint density at radius 2 is 1.93 bits per heavy atom. The predicted molar refractivity (Wildman–Crippen MR) is 104 cm³/mol. The van der Waals surface area contributed by atoms with Crippen molar-refractivity contribution in [3.63, 3.8) is 0 Å². The molecule has 1 aromatic heterocycles. The molecule has 0 saturated carbocycles. The van der Waals surface area contributed by atoms with Gasteiger partial charge in [0.1, 0.15) is 18.5 Å². The highest BCUT2D eigenvalue weighted by Gasteiger charge is 2.32. The van der Waals surface area contributed by atoms with Crippen LogP contribution in [0.5, 0.6) is 0 Å². The molecule has 1 saturated heterocycles. The molecule has 1 amide bonds. The third kappa shape index (κ3) is 4.68. The van der Waals surface area contributed by atoms with E-state index in [9.17, 15) is 9.18 Å². The molecule has 2 heterocycles. The van der Waals surface area contributed by atoms with Crippen molar-refractivity contribution in [2.75, 3.05) is 13.2 Å². The molecule has 0 N–H and O–H groups in total. The number of benzene rings is 2. The lowest BCUT2D eigenvalue weighted by Gasteiger charge is -2.33. The van der Waals surface area contributed by atoms with Crippen LogP contribution in [-0.2, 0) is 16.1 Å². The van der Waals surface area contributed by atoms with Crippen LogP contribution in [0.4, 0.5) is 4.39 Å². The summed E-state index contributed by atoms with van der Waals surface area (Å²) in [5.41, 5.74) is 1.69. The van der Waals surface area contributed by atoms with E-state index in [1.54, 1.807) is 17.0 Å². The van der Waals surface area contributed by atoms with E-state index in [-0.39, 0.29) is 24.4 Å². The Labute approximate surface area is 168 Å². The van der Waals surface area contributed by atoms with Gasteiger partial charge in [-0.05, 0) is 49.1 Å². The molecule has 29 heavy (non-hydrogen) atoms. The summed E-state index contributed by atoms with van der Waals surface area (Å²) < 4.78 is 24.2. The van der Waals surface area contributed by atoms with Gasteiger partial charge in [0.05, 0.1) is 6.61 Å². The summed E-state index contributed by atoms with van der Waals surface area (Å²) in [5, 5.41) is 4.01. The Balaban J connectivity index is 1.42. The van der Waals surface area contributed by atoms with Crippen LogP contribution in [0, 0.1) is 5.82 Å². The highest BCUT2D eigenvalue weighted by Crippen LogP contribution is 2.31. The molecule has 0 spiro atoms. The summed E-state index contributed by atoms with van der Waals surface area (Å²) in [6.45, 7) is 1.02. The van der Waals surface area contributed by atoms with E-state index in [0.717, 1.165) is 24.8 Å². The smallest absolute Gasteiger partial charge is 0.249 e.